The molecule has 220 valence electrons. The minimum atomic E-state index is -1.36. The van der Waals surface area contributed by atoms with Gasteiger partial charge in [0.25, 0.3) is 5.91 Å². The molecule has 0 aliphatic carbocycles. The quantitative estimate of drug-likeness (QED) is 0.538. The first-order valence-electron chi connectivity index (χ1n) is 14.9. The van der Waals surface area contributed by atoms with E-state index in [1.165, 1.54) is 4.90 Å². The average Bonchev–Trinajstić information content (AvgIpc) is 3.29. The summed E-state index contributed by atoms with van der Waals surface area (Å²) in [5.74, 6) is -2.49. The fourth-order valence-electron chi connectivity index (χ4n) is 7.48. The maximum absolute atomic E-state index is 14.7. The van der Waals surface area contributed by atoms with Crippen LogP contribution in [0.15, 0.2) is 72.8 Å². The molecule has 4 aliphatic rings. The summed E-state index contributed by atoms with van der Waals surface area (Å²) in [6, 6.07) is 14.1. The molecule has 6 atom stereocenters. The third-order valence-electron chi connectivity index (χ3n) is 9.57. The smallest absolute Gasteiger partial charge is 0.253 e. The van der Waals surface area contributed by atoms with Gasteiger partial charge in [-0.2, -0.15) is 0 Å². The zero-order chi connectivity index (χ0) is 29.8. The monoisotopic (exact) mass is 569 g/mol. The number of aliphatic hydroxyl groups excluding tert-OH is 1. The Morgan fingerprint density at radius 2 is 1.69 bits per heavy atom. The molecule has 0 radical (unpaired) electrons. The standard InChI is InChI=1S/C34H39N3O5/c1-5-33-15-9-17-35(20-25-11-7-6-8-12-25)30(39)27(33)28-31(40)37(24(4)21-38)29-32(41)36(18-10-16-34(28,29)42-33)26-19-22(2)13-14-23(26)3/h6-16,19,24,27-29,38H,5,17-18,20-21H2,1-4H3/t24-,27-,28+,29?,33+,34+/m1/s1. The molecular weight excluding hydrogens is 530 g/mol. The maximum Gasteiger partial charge on any atom is 0.253 e. The number of aliphatic hydroxyl groups is 1. The number of ether oxygens (including phenoxy) is 1. The van der Waals surface area contributed by atoms with Crippen LogP contribution in [0.2, 0.25) is 0 Å². The van der Waals surface area contributed by atoms with Crippen LogP contribution in [0.5, 0.6) is 0 Å². The van der Waals surface area contributed by atoms with Gasteiger partial charge in [-0.15, -0.1) is 0 Å². The number of carbonyl (C=O) groups is 3. The van der Waals surface area contributed by atoms with Crippen molar-refractivity contribution in [2.24, 2.45) is 11.8 Å². The summed E-state index contributed by atoms with van der Waals surface area (Å²) < 4.78 is 7.04. The van der Waals surface area contributed by atoms with Gasteiger partial charge in [0.05, 0.1) is 30.1 Å². The van der Waals surface area contributed by atoms with Crippen LogP contribution in [-0.2, 0) is 25.7 Å². The first kappa shape index (κ1) is 28.4. The molecule has 1 N–H and O–H groups in total. The Hall–Kier alpha value is -3.75. The normalized spacial score (nSPS) is 31.1. The fraction of sp³-hybridized carbons (Fsp3) is 0.441. The van der Waals surface area contributed by atoms with Gasteiger partial charge in [0.15, 0.2) is 0 Å². The van der Waals surface area contributed by atoms with Crippen LogP contribution in [0.1, 0.15) is 37.0 Å². The first-order chi connectivity index (χ1) is 20.2. The van der Waals surface area contributed by atoms with E-state index in [9.17, 15) is 19.5 Å². The van der Waals surface area contributed by atoms with Crippen LogP contribution in [0.25, 0.3) is 0 Å². The second-order valence-electron chi connectivity index (χ2n) is 12.1. The number of carbonyl (C=O) groups excluding carboxylic acids is 3. The number of fused-ring (bicyclic) bond motifs is 2. The molecule has 0 bridgehead atoms. The number of rotatable bonds is 6. The molecule has 0 aromatic heterocycles. The molecule has 2 fully saturated rings. The number of hydrogen-bond acceptors (Lipinski definition) is 5. The summed E-state index contributed by atoms with van der Waals surface area (Å²) in [6.45, 7) is 8.44. The van der Waals surface area contributed by atoms with Gasteiger partial charge < -0.3 is 24.5 Å². The Labute approximate surface area is 247 Å². The summed E-state index contributed by atoms with van der Waals surface area (Å²) >= 11 is 0. The molecule has 6 rings (SSSR count). The van der Waals surface area contributed by atoms with Crippen LogP contribution in [0.4, 0.5) is 5.69 Å². The second-order valence-corrected chi connectivity index (χ2v) is 12.1. The van der Waals surface area contributed by atoms with Crippen molar-refractivity contribution in [2.75, 3.05) is 24.6 Å². The zero-order valence-corrected chi connectivity index (χ0v) is 24.7. The molecule has 3 amide bonds. The van der Waals surface area contributed by atoms with Crippen molar-refractivity contribution in [3.8, 4) is 0 Å². The highest BCUT2D eigenvalue weighted by Gasteiger charge is 2.75. The van der Waals surface area contributed by atoms with E-state index in [1.54, 1.807) is 16.7 Å². The van der Waals surface area contributed by atoms with Gasteiger partial charge in [-0.05, 0) is 49.9 Å². The lowest BCUT2D eigenvalue weighted by Gasteiger charge is -2.40. The van der Waals surface area contributed by atoms with Crippen molar-refractivity contribution in [1.29, 1.82) is 0 Å². The number of amides is 3. The highest BCUT2D eigenvalue weighted by molar-refractivity contribution is 6.06. The van der Waals surface area contributed by atoms with Crippen molar-refractivity contribution < 1.29 is 24.2 Å². The van der Waals surface area contributed by atoms with Crippen LogP contribution < -0.4 is 4.90 Å². The van der Waals surface area contributed by atoms with Crippen molar-refractivity contribution in [2.45, 2.75) is 63.9 Å². The highest BCUT2D eigenvalue weighted by atomic mass is 16.5. The molecule has 1 unspecified atom stereocenters. The lowest BCUT2D eigenvalue weighted by molar-refractivity contribution is -0.152. The van der Waals surface area contributed by atoms with Crippen LogP contribution in [0, 0.1) is 25.7 Å². The molecule has 8 heteroatoms. The molecule has 8 nitrogen and oxygen atoms in total. The van der Waals surface area contributed by atoms with Crippen LogP contribution in [-0.4, -0.2) is 75.6 Å². The Bertz CT molecular complexity index is 1470. The van der Waals surface area contributed by atoms with Gasteiger partial charge in [0.1, 0.15) is 11.6 Å². The minimum Gasteiger partial charge on any atom is -0.394 e. The van der Waals surface area contributed by atoms with Crippen molar-refractivity contribution in [3.63, 3.8) is 0 Å². The number of benzene rings is 2. The molecule has 4 heterocycles. The summed E-state index contributed by atoms with van der Waals surface area (Å²) in [6.07, 6.45) is 8.14. The number of aryl methyl sites for hydroxylation is 2. The summed E-state index contributed by atoms with van der Waals surface area (Å²) in [5, 5.41) is 10.3. The van der Waals surface area contributed by atoms with Crippen LogP contribution >= 0.6 is 0 Å². The maximum atomic E-state index is 14.7. The lowest BCUT2D eigenvalue weighted by Crippen LogP contribution is -2.58. The van der Waals surface area contributed by atoms with E-state index in [0.29, 0.717) is 26.1 Å². The van der Waals surface area contributed by atoms with Gasteiger partial charge in [0, 0.05) is 25.3 Å². The first-order valence-corrected chi connectivity index (χ1v) is 14.9. The Morgan fingerprint density at radius 3 is 2.40 bits per heavy atom. The Kier molecular flexibility index (Phi) is 7.10. The molecular formula is C34H39N3O5. The van der Waals surface area contributed by atoms with Gasteiger partial charge in [-0.3, -0.25) is 14.4 Å². The molecule has 2 saturated heterocycles. The predicted molar refractivity (Wildman–Crippen MR) is 159 cm³/mol. The number of likely N-dealkylation sites (tertiary alicyclic amines) is 1. The zero-order valence-electron chi connectivity index (χ0n) is 24.7. The van der Waals surface area contributed by atoms with E-state index >= 15 is 0 Å². The molecule has 2 aromatic rings. The molecule has 1 spiro atoms. The molecule has 4 aliphatic heterocycles. The number of hydrogen-bond donors (Lipinski definition) is 1. The lowest BCUT2D eigenvalue weighted by atomic mass is 9.73. The SMILES string of the molecule is CC[C@]12C=CCN(Cc3ccccc3)C(=O)[C@H]1[C@H]1C(=O)N([C@H](C)CO)C3C(=O)N(c4cc(C)ccc4C)CC=C[C@@]31O2. The summed E-state index contributed by atoms with van der Waals surface area (Å²) in [5.41, 5.74) is 1.33. The third kappa shape index (κ3) is 4.14. The van der Waals surface area contributed by atoms with Gasteiger partial charge in [-0.25, -0.2) is 0 Å². The third-order valence-corrected chi connectivity index (χ3v) is 9.57. The molecule has 0 saturated carbocycles. The molecule has 42 heavy (non-hydrogen) atoms. The van der Waals surface area contributed by atoms with Crippen molar-refractivity contribution in [3.05, 3.63) is 89.5 Å². The molecule has 2 aromatic carbocycles. The minimum absolute atomic E-state index is 0.158. The van der Waals surface area contributed by atoms with Crippen LogP contribution in [0.3, 0.4) is 0 Å². The number of anilines is 1. The summed E-state index contributed by atoms with van der Waals surface area (Å²) in [7, 11) is 0. The van der Waals surface area contributed by atoms with E-state index in [2.05, 4.69) is 0 Å². The predicted octanol–water partition coefficient (Wildman–Crippen LogP) is 3.55. The van der Waals surface area contributed by atoms with Gasteiger partial charge >= 0.3 is 0 Å². The van der Waals surface area contributed by atoms with E-state index in [-0.39, 0.29) is 24.3 Å². The topological polar surface area (TPSA) is 90.4 Å². The average molecular weight is 570 g/mol. The van der Waals surface area contributed by atoms with Crippen molar-refractivity contribution in [1.82, 2.24) is 9.80 Å². The van der Waals surface area contributed by atoms with E-state index < -0.39 is 35.1 Å². The van der Waals surface area contributed by atoms with Crippen molar-refractivity contribution >= 4 is 23.4 Å². The van der Waals surface area contributed by atoms with Gasteiger partial charge in [0.2, 0.25) is 11.8 Å². The number of nitrogens with zero attached hydrogens (tertiary/aromatic N) is 3. The fourth-order valence-corrected chi connectivity index (χ4v) is 7.48. The van der Waals surface area contributed by atoms with Gasteiger partial charge in [-0.1, -0.05) is 73.7 Å². The van der Waals surface area contributed by atoms with E-state index in [1.807, 2.05) is 93.6 Å². The van der Waals surface area contributed by atoms with E-state index in [0.717, 1.165) is 22.4 Å². The highest BCUT2D eigenvalue weighted by Crippen LogP contribution is 2.59. The van der Waals surface area contributed by atoms with E-state index in [4.69, 9.17) is 4.74 Å². The Morgan fingerprint density at radius 1 is 0.952 bits per heavy atom. The largest absolute Gasteiger partial charge is 0.394 e. The Balaban J connectivity index is 1.48. The second kappa shape index (κ2) is 10.5. The summed E-state index contributed by atoms with van der Waals surface area (Å²) in [4.78, 5) is 48.7.